The molecule has 0 radical (unpaired) electrons. The molecule has 1 saturated heterocycles. The number of carbonyl (C=O) groups is 1. The lowest BCUT2D eigenvalue weighted by atomic mass is 10.1. The number of imidazole rings is 1. The first-order chi connectivity index (χ1) is 11.2. The highest BCUT2D eigenvalue weighted by molar-refractivity contribution is 5.83. The first kappa shape index (κ1) is 15.5. The number of hydrogen-bond acceptors (Lipinski definition) is 9. The van der Waals surface area contributed by atoms with E-state index in [9.17, 15) is 15.0 Å². The number of allylic oxidation sites excluding steroid dienone is 1. The molecule has 23 heavy (non-hydrogen) atoms. The van der Waals surface area contributed by atoms with Crippen LogP contribution < -0.4 is 5.32 Å². The smallest absolute Gasteiger partial charge is 0.167 e. The highest BCUT2D eigenvalue weighted by Crippen LogP contribution is 2.31. The molecule has 0 aromatic carbocycles. The van der Waals surface area contributed by atoms with Crippen molar-refractivity contribution in [3.63, 3.8) is 0 Å². The summed E-state index contributed by atoms with van der Waals surface area (Å²) < 4.78 is 6.91. The minimum atomic E-state index is -1.23. The summed E-state index contributed by atoms with van der Waals surface area (Å²) >= 11 is 0. The van der Waals surface area contributed by atoms with Crippen LogP contribution in [0.15, 0.2) is 24.9 Å². The second-order valence-corrected chi connectivity index (χ2v) is 4.91. The Morgan fingerprint density at radius 3 is 2.83 bits per heavy atom. The molecule has 2 aromatic rings. The van der Waals surface area contributed by atoms with Crippen LogP contribution in [0.25, 0.3) is 11.2 Å². The molecule has 4 N–H and O–H groups in total. The molecule has 122 valence electrons. The van der Waals surface area contributed by atoms with Crippen molar-refractivity contribution in [2.24, 2.45) is 0 Å². The van der Waals surface area contributed by atoms with E-state index in [2.05, 4.69) is 20.3 Å². The first-order valence-corrected chi connectivity index (χ1v) is 6.84. The molecule has 2 aromatic heterocycles. The maximum Gasteiger partial charge on any atom is 0.167 e. The summed E-state index contributed by atoms with van der Waals surface area (Å²) in [6, 6.07) is 0. The van der Waals surface area contributed by atoms with E-state index in [1.165, 1.54) is 29.5 Å². The van der Waals surface area contributed by atoms with Crippen LogP contribution in [0, 0.1) is 0 Å². The number of aliphatic hydroxyl groups is 3. The summed E-state index contributed by atoms with van der Waals surface area (Å²) in [5, 5.41) is 31.9. The number of nitrogens with one attached hydrogen (secondary N) is 1. The van der Waals surface area contributed by atoms with Gasteiger partial charge in [-0.2, -0.15) is 0 Å². The Balaban J connectivity index is 1.95. The number of aldehydes is 1. The van der Waals surface area contributed by atoms with Gasteiger partial charge in [-0.3, -0.25) is 9.36 Å². The minimum absolute atomic E-state index is 0.372. The molecule has 1 aliphatic rings. The average Bonchev–Trinajstić information content (AvgIpc) is 3.11. The maximum absolute atomic E-state index is 10.3. The van der Waals surface area contributed by atoms with Crippen LogP contribution in [0.4, 0.5) is 5.82 Å². The van der Waals surface area contributed by atoms with Crippen LogP contribution in [0.3, 0.4) is 0 Å². The van der Waals surface area contributed by atoms with Crippen LogP contribution in [-0.4, -0.2) is 66.0 Å². The predicted octanol–water partition coefficient (Wildman–Crippen LogP) is -1.44. The first-order valence-electron chi connectivity index (χ1n) is 6.84. The molecule has 0 aliphatic carbocycles. The van der Waals surface area contributed by atoms with Gasteiger partial charge in [-0.1, -0.05) is 0 Å². The van der Waals surface area contributed by atoms with Gasteiger partial charge in [0.05, 0.1) is 12.9 Å². The zero-order valence-electron chi connectivity index (χ0n) is 11.9. The van der Waals surface area contributed by atoms with Crippen molar-refractivity contribution in [3.8, 4) is 0 Å². The zero-order chi connectivity index (χ0) is 16.4. The van der Waals surface area contributed by atoms with Crippen LogP contribution in [0.2, 0.25) is 0 Å². The van der Waals surface area contributed by atoms with Crippen molar-refractivity contribution in [1.29, 1.82) is 0 Å². The van der Waals surface area contributed by atoms with E-state index in [1.54, 1.807) is 0 Å². The molecule has 0 spiro atoms. The Morgan fingerprint density at radius 1 is 1.30 bits per heavy atom. The fraction of sp³-hybridized carbons (Fsp3) is 0.385. The minimum Gasteiger partial charge on any atom is -0.394 e. The van der Waals surface area contributed by atoms with Gasteiger partial charge in [0.2, 0.25) is 0 Å². The molecule has 0 bridgehead atoms. The number of rotatable bonds is 5. The molecule has 10 heteroatoms. The van der Waals surface area contributed by atoms with Gasteiger partial charge in [-0.05, 0) is 6.08 Å². The van der Waals surface area contributed by atoms with Gasteiger partial charge >= 0.3 is 0 Å². The van der Waals surface area contributed by atoms with Gasteiger partial charge in [0.25, 0.3) is 0 Å². The second kappa shape index (κ2) is 6.38. The third-order valence-corrected chi connectivity index (χ3v) is 3.54. The highest BCUT2D eigenvalue weighted by atomic mass is 16.6. The normalized spacial score (nSPS) is 27.8. The lowest BCUT2D eigenvalue weighted by Gasteiger charge is -2.16. The lowest BCUT2D eigenvalue weighted by Crippen LogP contribution is -2.33. The van der Waals surface area contributed by atoms with Crippen molar-refractivity contribution in [3.05, 3.63) is 24.9 Å². The number of ether oxygens (including phenoxy) is 1. The van der Waals surface area contributed by atoms with E-state index in [0.717, 1.165) is 0 Å². The van der Waals surface area contributed by atoms with Crippen LogP contribution >= 0.6 is 0 Å². The zero-order valence-corrected chi connectivity index (χ0v) is 11.9. The molecule has 1 aliphatic heterocycles. The van der Waals surface area contributed by atoms with E-state index in [-0.39, 0.29) is 0 Å². The molecule has 1 fully saturated rings. The maximum atomic E-state index is 10.3. The second-order valence-electron chi connectivity index (χ2n) is 4.91. The Hall–Kier alpha value is -2.40. The number of nitrogens with zero attached hydrogens (tertiary/aromatic N) is 4. The van der Waals surface area contributed by atoms with E-state index in [0.29, 0.717) is 23.3 Å². The molecule has 4 atom stereocenters. The van der Waals surface area contributed by atoms with Gasteiger partial charge in [0.1, 0.15) is 30.9 Å². The van der Waals surface area contributed by atoms with Gasteiger partial charge in [-0.15, -0.1) is 0 Å². The van der Waals surface area contributed by atoms with Gasteiger partial charge in [0.15, 0.2) is 23.2 Å². The Morgan fingerprint density at radius 2 is 2.13 bits per heavy atom. The number of carbonyl (C=O) groups excluding carboxylic acids is 1. The van der Waals surface area contributed by atoms with E-state index in [4.69, 9.17) is 9.84 Å². The highest BCUT2D eigenvalue weighted by Gasteiger charge is 2.43. The van der Waals surface area contributed by atoms with Crippen molar-refractivity contribution < 1.29 is 24.9 Å². The van der Waals surface area contributed by atoms with E-state index < -0.39 is 31.1 Å². The predicted molar refractivity (Wildman–Crippen MR) is 77.2 cm³/mol. The molecular formula is C13H15N5O5. The monoisotopic (exact) mass is 321 g/mol. The quantitative estimate of drug-likeness (QED) is 0.384. The van der Waals surface area contributed by atoms with Crippen molar-refractivity contribution >= 4 is 23.3 Å². The fourth-order valence-corrected chi connectivity index (χ4v) is 2.42. The summed E-state index contributed by atoms with van der Waals surface area (Å²) in [6.45, 7) is -0.417. The number of anilines is 1. The molecule has 2 unspecified atom stereocenters. The third-order valence-electron chi connectivity index (χ3n) is 3.54. The number of aromatic nitrogens is 4. The van der Waals surface area contributed by atoms with E-state index >= 15 is 0 Å². The molecular weight excluding hydrogens is 306 g/mol. The van der Waals surface area contributed by atoms with Gasteiger partial charge in [0, 0.05) is 6.20 Å². The Bertz CT molecular complexity index is 733. The van der Waals surface area contributed by atoms with Crippen LogP contribution in [0.5, 0.6) is 0 Å². The molecule has 3 rings (SSSR count). The van der Waals surface area contributed by atoms with Gasteiger partial charge < -0.3 is 25.4 Å². The Kier molecular flexibility index (Phi) is 4.30. The average molecular weight is 321 g/mol. The summed E-state index contributed by atoms with van der Waals surface area (Å²) in [5.41, 5.74) is 0.776. The third kappa shape index (κ3) is 2.68. The number of hydrogen-bond donors (Lipinski definition) is 4. The number of fused-ring (bicyclic) bond motifs is 1. The Labute approximate surface area is 130 Å². The van der Waals surface area contributed by atoms with Crippen molar-refractivity contribution in [2.75, 3.05) is 11.9 Å². The molecule has 3 heterocycles. The summed E-state index contributed by atoms with van der Waals surface area (Å²) in [6.07, 6.45) is 1.71. The molecule has 0 saturated carbocycles. The standard InChI is InChI=1S/C13H15N5O5/c19-3-1-2-14-11-8-12(16-5-15-11)18(6-17-8)13-10(22)9(21)7(4-20)23-13/h1-3,5-7,9-10,13,20-22H,4H2,(H,14,15,16)/b2-1+/t7-,9?,10?,13-/m1/s1. The topological polar surface area (TPSA) is 143 Å². The summed E-state index contributed by atoms with van der Waals surface area (Å²) in [4.78, 5) is 22.6. The number of aliphatic hydroxyl groups excluding tert-OH is 3. The van der Waals surface area contributed by atoms with E-state index in [1.807, 2.05) is 0 Å². The molecule has 10 nitrogen and oxygen atoms in total. The van der Waals surface area contributed by atoms with Crippen LogP contribution in [-0.2, 0) is 9.53 Å². The molecule has 0 amide bonds. The fourth-order valence-electron chi connectivity index (χ4n) is 2.42. The van der Waals surface area contributed by atoms with Gasteiger partial charge in [-0.25, -0.2) is 15.0 Å². The van der Waals surface area contributed by atoms with Crippen molar-refractivity contribution in [2.45, 2.75) is 24.5 Å². The summed E-state index contributed by atoms with van der Waals surface area (Å²) in [5.74, 6) is 0.374. The van der Waals surface area contributed by atoms with Crippen LogP contribution in [0.1, 0.15) is 6.23 Å². The largest absolute Gasteiger partial charge is 0.394 e. The lowest BCUT2D eigenvalue weighted by molar-refractivity contribution is -0.104. The summed E-state index contributed by atoms with van der Waals surface area (Å²) in [7, 11) is 0. The SMILES string of the molecule is O=C/C=C/Nc1ncnc2c1ncn2[C@@H]1O[C@H](CO)C(O)C1O. The van der Waals surface area contributed by atoms with Crippen molar-refractivity contribution in [1.82, 2.24) is 19.5 Å².